The molecule has 0 atom stereocenters. The van der Waals surface area contributed by atoms with Gasteiger partial charge in [-0.15, -0.1) is 0 Å². The average molecular weight is 304 g/mol. The van der Waals surface area contributed by atoms with Crippen molar-refractivity contribution in [2.24, 2.45) is 12.5 Å². The number of aryl methyl sites for hydroxylation is 1. The maximum Gasteiger partial charge on any atom is 0.260 e. The Balaban J connectivity index is 2.09. The minimum absolute atomic E-state index is 0.110. The van der Waals surface area contributed by atoms with Crippen LogP contribution < -0.4 is 5.32 Å². The van der Waals surface area contributed by atoms with Crippen LogP contribution in [0.2, 0.25) is 0 Å². The van der Waals surface area contributed by atoms with E-state index in [-0.39, 0.29) is 11.3 Å². The van der Waals surface area contributed by atoms with Crippen molar-refractivity contribution < 1.29 is 9.32 Å². The molecule has 2 aromatic rings. The highest BCUT2D eigenvalue weighted by Gasteiger charge is 2.19. The van der Waals surface area contributed by atoms with Crippen molar-refractivity contribution in [1.29, 1.82) is 0 Å². The molecule has 6 nitrogen and oxygen atoms in total. The molecule has 2 rings (SSSR count). The number of rotatable bonds is 5. The Bertz CT molecular complexity index is 649. The summed E-state index contributed by atoms with van der Waals surface area (Å²) in [5.41, 5.74) is 1.63. The number of nitrogens with zero attached hydrogens (tertiary/aromatic N) is 3. The van der Waals surface area contributed by atoms with Crippen LogP contribution in [0.1, 0.15) is 55.9 Å². The van der Waals surface area contributed by atoms with E-state index in [1.807, 2.05) is 7.05 Å². The van der Waals surface area contributed by atoms with E-state index in [1.54, 1.807) is 16.9 Å². The van der Waals surface area contributed by atoms with Crippen molar-refractivity contribution in [3.05, 3.63) is 29.3 Å². The van der Waals surface area contributed by atoms with Crippen LogP contribution in [0, 0.1) is 5.41 Å². The molecule has 0 bridgehead atoms. The van der Waals surface area contributed by atoms with Gasteiger partial charge in [-0.05, 0) is 11.8 Å². The number of carbonyl (C=O) groups is 1. The van der Waals surface area contributed by atoms with Gasteiger partial charge in [-0.25, -0.2) is 0 Å². The topological polar surface area (TPSA) is 73.0 Å². The van der Waals surface area contributed by atoms with Crippen LogP contribution in [0.25, 0.3) is 0 Å². The molecule has 22 heavy (non-hydrogen) atoms. The van der Waals surface area contributed by atoms with Gasteiger partial charge < -0.3 is 9.84 Å². The fourth-order valence-corrected chi connectivity index (χ4v) is 2.35. The van der Waals surface area contributed by atoms with Crippen molar-refractivity contribution in [1.82, 2.24) is 14.9 Å². The van der Waals surface area contributed by atoms with Gasteiger partial charge in [0.1, 0.15) is 5.76 Å². The number of carbonyl (C=O) groups excluding carboxylic acids is 1. The normalized spacial score (nSPS) is 11.7. The lowest BCUT2D eigenvalue weighted by atomic mass is 9.91. The number of aromatic nitrogens is 3. The first-order chi connectivity index (χ1) is 10.3. The summed E-state index contributed by atoms with van der Waals surface area (Å²) in [7, 11) is 1.85. The van der Waals surface area contributed by atoms with E-state index in [4.69, 9.17) is 4.52 Å². The summed E-state index contributed by atoms with van der Waals surface area (Å²) in [6.07, 6.45) is 4.13. The van der Waals surface area contributed by atoms with Crippen LogP contribution in [0.5, 0.6) is 0 Å². The number of nitrogens with one attached hydrogen (secondary N) is 1. The first kappa shape index (κ1) is 16.3. The Kier molecular flexibility index (Phi) is 4.68. The molecular weight excluding hydrogens is 280 g/mol. The Morgan fingerprint density at radius 1 is 1.41 bits per heavy atom. The third-order valence-corrected chi connectivity index (χ3v) is 3.30. The largest absolute Gasteiger partial charge is 0.359 e. The van der Waals surface area contributed by atoms with Crippen LogP contribution in [0.15, 0.2) is 16.8 Å². The van der Waals surface area contributed by atoms with Crippen molar-refractivity contribution >= 4 is 11.7 Å². The van der Waals surface area contributed by atoms with Crippen molar-refractivity contribution in [3.63, 3.8) is 0 Å². The molecule has 0 fully saturated rings. The summed E-state index contributed by atoms with van der Waals surface area (Å²) in [6.45, 7) is 8.45. The molecule has 120 valence electrons. The SMILES string of the molecule is CCCc1c(C(=O)Nc2cc(CC(C)(C)C)on2)cnn1C. The molecule has 1 N–H and O–H groups in total. The average Bonchev–Trinajstić information content (AvgIpc) is 2.96. The zero-order valence-electron chi connectivity index (χ0n) is 13.9. The molecule has 1 amide bonds. The number of amides is 1. The summed E-state index contributed by atoms with van der Waals surface area (Å²) >= 11 is 0. The molecule has 2 aromatic heterocycles. The Labute approximate surface area is 130 Å². The molecule has 0 saturated heterocycles. The number of hydrogen-bond donors (Lipinski definition) is 1. The van der Waals surface area contributed by atoms with Crippen LogP contribution >= 0.6 is 0 Å². The lowest BCUT2D eigenvalue weighted by Gasteiger charge is -2.14. The highest BCUT2D eigenvalue weighted by Crippen LogP contribution is 2.22. The fourth-order valence-electron chi connectivity index (χ4n) is 2.35. The number of hydrogen-bond acceptors (Lipinski definition) is 4. The third kappa shape index (κ3) is 3.96. The summed E-state index contributed by atoms with van der Waals surface area (Å²) in [4.78, 5) is 12.4. The molecule has 6 heteroatoms. The van der Waals surface area contributed by atoms with Gasteiger partial charge in [0.05, 0.1) is 17.5 Å². The maximum absolute atomic E-state index is 12.4. The monoisotopic (exact) mass is 304 g/mol. The van der Waals surface area contributed by atoms with Crippen molar-refractivity contribution in [2.75, 3.05) is 5.32 Å². The zero-order valence-corrected chi connectivity index (χ0v) is 13.9. The second-order valence-electron chi connectivity index (χ2n) is 6.75. The van der Waals surface area contributed by atoms with Crippen molar-refractivity contribution in [3.8, 4) is 0 Å². The molecule has 2 heterocycles. The second kappa shape index (κ2) is 6.34. The second-order valence-corrected chi connectivity index (χ2v) is 6.75. The summed E-state index contributed by atoms with van der Waals surface area (Å²) < 4.78 is 7.02. The first-order valence-corrected chi connectivity index (χ1v) is 7.58. The van der Waals surface area contributed by atoms with Gasteiger partial charge >= 0.3 is 0 Å². The Morgan fingerprint density at radius 2 is 2.14 bits per heavy atom. The molecule has 0 spiro atoms. The highest BCUT2D eigenvalue weighted by molar-refractivity contribution is 6.04. The third-order valence-electron chi connectivity index (χ3n) is 3.30. The lowest BCUT2D eigenvalue weighted by Crippen LogP contribution is -2.14. The molecule has 0 aliphatic heterocycles. The van der Waals surface area contributed by atoms with Gasteiger partial charge in [0.25, 0.3) is 5.91 Å². The van der Waals surface area contributed by atoms with E-state index >= 15 is 0 Å². The quantitative estimate of drug-likeness (QED) is 0.920. The predicted molar refractivity (Wildman–Crippen MR) is 84.8 cm³/mol. The molecule has 0 aliphatic rings. The molecule has 0 aromatic carbocycles. The Morgan fingerprint density at radius 3 is 2.77 bits per heavy atom. The van der Waals surface area contributed by atoms with E-state index in [2.05, 4.69) is 43.3 Å². The van der Waals surface area contributed by atoms with Gasteiger partial charge in [0.2, 0.25) is 0 Å². The van der Waals surface area contributed by atoms with Gasteiger partial charge in [-0.3, -0.25) is 9.48 Å². The van der Waals surface area contributed by atoms with Crippen LogP contribution in [-0.2, 0) is 19.9 Å². The smallest absolute Gasteiger partial charge is 0.260 e. The predicted octanol–water partition coefficient (Wildman–Crippen LogP) is 3.20. The van der Waals surface area contributed by atoms with E-state index < -0.39 is 0 Å². The molecule has 0 radical (unpaired) electrons. The minimum atomic E-state index is -0.202. The fraction of sp³-hybridized carbons (Fsp3) is 0.562. The van der Waals surface area contributed by atoms with Gasteiger partial charge in [0, 0.05) is 19.5 Å². The molecule has 0 saturated carbocycles. The van der Waals surface area contributed by atoms with E-state index in [0.29, 0.717) is 11.4 Å². The lowest BCUT2D eigenvalue weighted by molar-refractivity contribution is 0.102. The molecular formula is C16H24N4O2. The first-order valence-electron chi connectivity index (χ1n) is 7.58. The zero-order chi connectivity index (χ0) is 16.3. The standard InChI is InChI=1S/C16H24N4O2/c1-6-7-13-12(10-17-20(13)5)15(21)18-14-8-11(22-19-14)9-16(2,3)4/h8,10H,6-7,9H2,1-5H3,(H,18,19,21). The van der Waals surface area contributed by atoms with E-state index in [9.17, 15) is 4.79 Å². The molecule has 0 aliphatic carbocycles. The molecule has 0 unspecified atom stereocenters. The minimum Gasteiger partial charge on any atom is -0.359 e. The highest BCUT2D eigenvalue weighted by atomic mass is 16.5. The maximum atomic E-state index is 12.4. The van der Waals surface area contributed by atoms with Gasteiger partial charge in [0.15, 0.2) is 5.82 Å². The van der Waals surface area contributed by atoms with Gasteiger partial charge in [-0.2, -0.15) is 5.10 Å². The van der Waals surface area contributed by atoms with Crippen LogP contribution in [0.3, 0.4) is 0 Å². The van der Waals surface area contributed by atoms with Crippen molar-refractivity contribution in [2.45, 2.75) is 47.0 Å². The van der Waals surface area contributed by atoms with E-state index in [0.717, 1.165) is 30.7 Å². The number of anilines is 1. The summed E-state index contributed by atoms with van der Waals surface area (Å²) in [5, 5.41) is 10.9. The van der Waals surface area contributed by atoms with Gasteiger partial charge in [-0.1, -0.05) is 39.3 Å². The summed E-state index contributed by atoms with van der Waals surface area (Å²) in [6, 6.07) is 1.78. The van der Waals surface area contributed by atoms with Crippen LogP contribution in [-0.4, -0.2) is 20.8 Å². The Hall–Kier alpha value is -2.11. The summed E-state index contributed by atoms with van der Waals surface area (Å²) in [5.74, 6) is 1.01. The van der Waals surface area contributed by atoms with Crippen LogP contribution in [0.4, 0.5) is 5.82 Å². The van der Waals surface area contributed by atoms with E-state index in [1.165, 1.54) is 0 Å².